The number of nitrogens with zero attached hydrogens (tertiary/aromatic N) is 2. The Morgan fingerprint density at radius 2 is 2.14 bits per heavy atom. The first-order chi connectivity index (χ1) is 9.83. The summed E-state index contributed by atoms with van der Waals surface area (Å²) in [7, 11) is 1.18. The SMILES string of the molecule is COc1cc([N+](=O)[O-])c2ncccc2c1OCC(F)(F)F. The molecule has 6 nitrogen and oxygen atoms in total. The number of hydrogen-bond acceptors (Lipinski definition) is 5. The van der Waals surface area contributed by atoms with E-state index in [0.717, 1.165) is 6.07 Å². The number of hydrogen-bond donors (Lipinski definition) is 0. The van der Waals surface area contributed by atoms with Crippen molar-refractivity contribution in [3.63, 3.8) is 0 Å². The molecule has 112 valence electrons. The van der Waals surface area contributed by atoms with Crippen LogP contribution in [0.4, 0.5) is 18.9 Å². The Morgan fingerprint density at radius 1 is 1.43 bits per heavy atom. The molecule has 0 bridgehead atoms. The van der Waals surface area contributed by atoms with Crippen LogP contribution in [-0.4, -0.2) is 29.8 Å². The monoisotopic (exact) mass is 302 g/mol. The number of methoxy groups -OCH3 is 1. The highest BCUT2D eigenvalue weighted by atomic mass is 19.4. The van der Waals surface area contributed by atoms with Gasteiger partial charge in [0.25, 0.3) is 5.69 Å². The fraction of sp³-hybridized carbons (Fsp3) is 0.250. The topological polar surface area (TPSA) is 74.5 Å². The van der Waals surface area contributed by atoms with E-state index in [1.165, 1.54) is 25.4 Å². The molecule has 0 aliphatic rings. The second-order valence-electron chi connectivity index (χ2n) is 3.99. The van der Waals surface area contributed by atoms with Crippen LogP contribution in [0, 0.1) is 10.1 Å². The molecule has 0 aliphatic heterocycles. The lowest BCUT2D eigenvalue weighted by Crippen LogP contribution is -2.19. The molecule has 0 saturated heterocycles. The van der Waals surface area contributed by atoms with E-state index in [2.05, 4.69) is 4.98 Å². The predicted molar refractivity (Wildman–Crippen MR) is 66.5 cm³/mol. The minimum Gasteiger partial charge on any atom is -0.493 e. The Bertz CT molecular complexity index is 688. The molecule has 9 heteroatoms. The van der Waals surface area contributed by atoms with Gasteiger partial charge in [0, 0.05) is 6.20 Å². The Morgan fingerprint density at radius 3 is 2.71 bits per heavy atom. The van der Waals surface area contributed by atoms with Gasteiger partial charge in [-0.25, -0.2) is 4.98 Å². The lowest BCUT2D eigenvalue weighted by atomic mass is 10.1. The zero-order valence-electron chi connectivity index (χ0n) is 10.7. The quantitative estimate of drug-likeness (QED) is 0.641. The van der Waals surface area contributed by atoms with Gasteiger partial charge in [-0.2, -0.15) is 13.2 Å². The van der Waals surface area contributed by atoms with E-state index in [4.69, 9.17) is 9.47 Å². The lowest BCUT2D eigenvalue weighted by molar-refractivity contribution is -0.383. The summed E-state index contributed by atoms with van der Waals surface area (Å²) < 4.78 is 46.5. The minimum atomic E-state index is -4.54. The van der Waals surface area contributed by atoms with Crippen LogP contribution < -0.4 is 9.47 Å². The third-order valence-electron chi connectivity index (χ3n) is 2.58. The number of pyridine rings is 1. The fourth-order valence-corrected chi connectivity index (χ4v) is 1.78. The third kappa shape index (κ3) is 3.12. The van der Waals surface area contributed by atoms with Crippen molar-refractivity contribution in [2.45, 2.75) is 6.18 Å². The number of aromatic nitrogens is 1. The Labute approximate surface area is 116 Å². The van der Waals surface area contributed by atoms with Crippen molar-refractivity contribution < 1.29 is 27.6 Å². The summed E-state index contributed by atoms with van der Waals surface area (Å²) in [6.07, 6.45) is -3.24. The van der Waals surface area contributed by atoms with Gasteiger partial charge in [-0.05, 0) is 12.1 Å². The molecule has 0 amide bonds. The van der Waals surface area contributed by atoms with Crippen LogP contribution in [0.2, 0.25) is 0 Å². The van der Waals surface area contributed by atoms with Gasteiger partial charge in [0.15, 0.2) is 23.6 Å². The molecule has 1 aromatic carbocycles. The van der Waals surface area contributed by atoms with Crippen LogP contribution in [0.1, 0.15) is 0 Å². The molecule has 0 spiro atoms. The average Bonchev–Trinajstić information content (AvgIpc) is 2.42. The highest BCUT2D eigenvalue weighted by Crippen LogP contribution is 2.40. The average molecular weight is 302 g/mol. The van der Waals surface area contributed by atoms with Crippen molar-refractivity contribution in [1.82, 2.24) is 4.98 Å². The number of benzene rings is 1. The van der Waals surface area contributed by atoms with Crippen molar-refractivity contribution >= 4 is 16.6 Å². The highest BCUT2D eigenvalue weighted by Gasteiger charge is 2.30. The molecule has 0 fully saturated rings. The van der Waals surface area contributed by atoms with Crippen LogP contribution in [0.25, 0.3) is 10.9 Å². The van der Waals surface area contributed by atoms with Crippen LogP contribution >= 0.6 is 0 Å². The van der Waals surface area contributed by atoms with E-state index in [9.17, 15) is 23.3 Å². The molecule has 0 radical (unpaired) electrons. The first-order valence-corrected chi connectivity index (χ1v) is 5.63. The molecule has 0 saturated carbocycles. The van der Waals surface area contributed by atoms with Gasteiger partial charge < -0.3 is 9.47 Å². The summed E-state index contributed by atoms with van der Waals surface area (Å²) in [6, 6.07) is 3.80. The van der Waals surface area contributed by atoms with E-state index in [1.54, 1.807) is 0 Å². The van der Waals surface area contributed by atoms with Crippen LogP contribution in [0.3, 0.4) is 0 Å². The number of nitro benzene ring substituents is 1. The molecular formula is C12H9F3N2O4. The highest BCUT2D eigenvalue weighted by molar-refractivity contribution is 5.94. The van der Waals surface area contributed by atoms with Crippen molar-refractivity contribution in [3.8, 4) is 11.5 Å². The van der Waals surface area contributed by atoms with Crippen molar-refractivity contribution in [2.24, 2.45) is 0 Å². The van der Waals surface area contributed by atoms with E-state index in [0.29, 0.717) is 0 Å². The molecule has 0 atom stereocenters. The first kappa shape index (κ1) is 14.8. The minimum absolute atomic E-state index is 0.0690. The maximum Gasteiger partial charge on any atom is 0.422 e. The number of rotatable bonds is 4. The first-order valence-electron chi connectivity index (χ1n) is 5.63. The molecule has 2 aromatic rings. The van der Waals surface area contributed by atoms with Crippen molar-refractivity contribution in [2.75, 3.05) is 13.7 Å². The maximum atomic E-state index is 12.3. The molecule has 0 aliphatic carbocycles. The number of fused-ring (bicyclic) bond motifs is 1. The van der Waals surface area contributed by atoms with Gasteiger partial charge in [-0.3, -0.25) is 10.1 Å². The Balaban J connectivity index is 2.63. The summed E-state index contributed by atoms with van der Waals surface area (Å²) in [6.45, 7) is -1.54. The van der Waals surface area contributed by atoms with Crippen LogP contribution in [-0.2, 0) is 0 Å². The van der Waals surface area contributed by atoms with Crippen molar-refractivity contribution in [1.29, 1.82) is 0 Å². The summed E-state index contributed by atoms with van der Waals surface area (Å²) in [4.78, 5) is 14.1. The number of ether oxygens (including phenoxy) is 2. The van der Waals surface area contributed by atoms with Gasteiger partial charge in [-0.15, -0.1) is 0 Å². The van der Waals surface area contributed by atoms with Crippen LogP contribution in [0.15, 0.2) is 24.4 Å². The summed E-state index contributed by atoms with van der Waals surface area (Å²) >= 11 is 0. The smallest absolute Gasteiger partial charge is 0.422 e. The predicted octanol–water partition coefficient (Wildman–Crippen LogP) is 3.09. The largest absolute Gasteiger partial charge is 0.493 e. The molecule has 0 unspecified atom stereocenters. The maximum absolute atomic E-state index is 12.3. The second kappa shape index (κ2) is 5.43. The molecule has 0 N–H and O–H groups in total. The van der Waals surface area contributed by atoms with E-state index in [1.807, 2.05) is 0 Å². The van der Waals surface area contributed by atoms with E-state index < -0.39 is 17.7 Å². The fourth-order valence-electron chi connectivity index (χ4n) is 1.78. The number of alkyl halides is 3. The van der Waals surface area contributed by atoms with Gasteiger partial charge in [0.2, 0.25) is 0 Å². The van der Waals surface area contributed by atoms with Crippen LogP contribution in [0.5, 0.6) is 11.5 Å². The molecular weight excluding hydrogens is 293 g/mol. The third-order valence-corrected chi connectivity index (χ3v) is 2.58. The number of halogens is 3. The summed E-state index contributed by atoms with van der Waals surface area (Å²) in [5.41, 5.74) is -0.442. The molecule has 2 rings (SSSR count). The standard InChI is InChI=1S/C12H9F3N2O4/c1-20-9-5-8(17(18)19)10-7(3-2-4-16-10)11(9)21-6-12(13,14)15/h2-5H,6H2,1H3. The van der Waals surface area contributed by atoms with Gasteiger partial charge in [0.05, 0.1) is 23.5 Å². The number of non-ortho nitro benzene ring substituents is 1. The zero-order chi connectivity index (χ0) is 15.6. The summed E-state index contributed by atoms with van der Waals surface area (Å²) in [5.74, 6) is -0.394. The van der Waals surface area contributed by atoms with Gasteiger partial charge in [-0.1, -0.05) is 0 Å². The van der Waals surface area contributed by atoms with E-state index in [-0.39, 0.29) is 28.1 Å². The second-order valence-corrected chi connectivity index (χ2v) is 3.99. The normalized spacial score (nSPS) is 11.4. The summed E-state index contributed by atoms with van der Waals surface area (Å²) in [5, 5.41) is 11.1. The van der Waals surface area contributed by atoms with Crippen molar-refractivity contribution in [3.05, 3.63) is 34.5 Å². The van der Waals surface area contributed by atoms with Gasteiger partial charge in [0.1, 0.15) is 0 Å². The lowest BCUT2D eigenvalue weighted by Gasteiger charge is -2.14. The van der Waals surface area contributed by atoms with E-state index >= 15 is 0 Å². The molecule has 1 heterocycles. The molecule has 21 heavy (non-hydrogen) atoms. The molecule has 1 aromatic heterocycles. The zero-order valence-corrected chi connectivity index (χ0v) is 10.7. The Kier molecular flexibility index (Phi) is 3.83. The number of nitro groups is 1. The van der Waals surface area contributed by atoms with Gasteiger partial charge >= 0.3 is 6.18 Å². The Hall–Kier alpha value is -2.58.